The van der Waals surface area contributed by atoms with Gasteiger partial charge in [0.05, 0.1) is 37.3 Å². The molecular formula is C18H21N3O2. The van der Waals surface area contributed by atoms with Crippen molar-refractivity contribution in [3.05, 3.63) is 60.2 Å². The number of fused-ring (bicyclic) bond motifs is 1. The van der Waals surface area contributed by atoms with Gasteiger partial charge in [0.1, 0.15) is 0 Å². The van der Waals surface area contributed by atoms with Crippen LogP contribution in [0.1, 0.15) is 11.4 Å². The van der Waals surface area contributed by atoms with Gasteiger partial charge in [0, 0.05) is 37.4 Å². The lowest BCUT2D eigenvalue weighted by Gasteiger charge is -2.21. The SMILES string of the molecule is c1ccc(CO[C@H]2CN(Cc3ccccn3)[C@@H]3COC[C@H]23)nc1. The average Bonchev–Trinajstić information content (AvgIpc) is 3.19. The smallest absolute Gasteiger partial charge is 0.0892 e. The van der Waals surface area contributed by atoms with Crippen LogP contribution in [-0.2, 0) is 22.6 Å². The lowest BCUT2D eigenvalue weighted by atomic mass is 10.0. The van der Waals surface area contributed by atoms with E-state index in [1.54, 1.807) is 0 Å². The highest BCUT2D eigenvalue weighted by Crippen LogP contribution is 2.33. The Morgan fingerprint density at radius 3 is 2.57 bits per heavy atom. The number of likely N-dealkylation sites (tertiary alicyclic amines) is 1. The number of nitrogens with zero attached hydrogens (tertiary/aromatic N) is 3. The molecule has 3 atom stereocenters. The third-order valence-corrected chi connectivity index (χ3v) is 4.72. The molecule has 0 spiro atoms. The van der Waals surface area contributed by atoms with Crippen molar-refractivity contribution in [3.8, 4) is 0 Å². The molecule has 0 N–H and O–H groups in total. The maximum atomic E-state index is 6.17. The Balaban J connectivity index is 1.41. The molecule has 0 radical (unpaired) electrons. The number of pyridine rings is 2. The molecule has 0 aromatic carbocycles. The van der Waals surface area contributed by atoms with E-state index >= 15 is 0 Å². The van der Waals surface area contributed by atoms with Gasteiger partial charge < -0.3 is 9.47 Å². The minimum atomic E-state index is 0.202. The van der Waals surface area contributed by atoms with E-state index in [1.165, 1.54) is 0 Å². The highest BCUT2D eigenvalue weighted by Gasteiger charge is 2.45. The molecule has 2 saturated heterocycles. The third kappa shape index (κ3) is 3.27. The first kappa shape index (κ1) is 14.8. The van der Waals surface area contributed by atoms with Crippen molar-refractivity contribution in [2.24, 2.45) is 5.92 Å². The molecule has 0 aliphatic carbocycles. The minimum Gasteiger partial charge on any atom is -0.379 e. The van der Waals surface area contributed by atoms with Crippen molar-refractivity contribution in [3.63, 3.8) is 0 Å². The van der Waals surface area contributed by atoms with E-state index in [4.69, 9.17) is 9.47 Å². The van der Waals surface area contributed by atoms with Crippen LogP contribution in [0.5, 0.6) is 0 Å². The summed E-state index contributed by atoms with van der Waals surface area (Å²) >= 11 is 0. The van der Waals surface area contributed by atoms with Gasteiger partial charge in [0.2, 0.25) is 0 Å². The molecule has 2 aliphatic rings. The van der Waals surface area contributed by atoms with Gasteiger partial charge in [-0.1, -0.05) is 12.1 Å². The summed E-state index contributed by atoms with van der Waals surface area (Å²) < 4.78 is 11.9. The van der Waals surface area contributed by atoms with Gasteiger partial charge in [-0.15, -0.1) is 0 Å². The molecule has 4 rings (SSSR count). The molecule has 4 heterocycles. The van der Waals surface area contributed by atoms with Crippen molar-refractivity contribution in [1.82, 2.24) is 14.9 Å². The molecule has 0 saturated carbocycles. The molecule has 2 fully saturated rings. The van der Waals surface area contributed by atoms with E-state index in [2.05, 4.69) is 20.9 Å². The van der Waals surface area contributed by atoms with Crippen LogP contribution in [0.25, 0.3) is 0 Å². The standard InChI is InChI=1S/C18H21N3O2/c1-3-7-19-14(5-1)9-21-10-18(16-12-22-13-17(16)21)23-11-15-6-2-4-8-20-15/h1-8,16-18H,9-13H2/t16-,17+,18-/m0/s1. The van der Waals surface area contributed by atoms with Crippen molar-refractivity contribution in [2.75, 3.05) is 19.8 Å². The van der Waals surface area contributed by atoms with Gasteiger partial charge in [-0.2, -0.15) is 0 Å². The summed E-state index contributed by atoms with van der Waals surface area (Å²) in [7, 11) is 0. The van der Waals surface area contributed by atoms with Crippen molar-refractivity contribution in [1.29, 1.82) is 0 Å². The van der Waals surface area contributed by atoms with Crippen LogP contribution in [0.2, 0.25) is 0 Å². The fraction of sp³-hybridized carbons (Fsp3) is 0.444. The highest BCUT2D eigenvalue weighted by atomic mass is 16.5. The molecule has 2 aromatic rings. The Kier molecular flexibility index (Phi) is 4.33. The first-order chi connectivity index (χ1) is 11.4. The number of hydrogen-bond acceptors (Lipinski definition) is 5. The second-order valence-electron chi connectivity index (χ2n) is 6.19. The number of rotatable bonds is 5. The lowest BCUT2D eigenvalue weighted by molar-refractivity contribution is 0.00734. The molecular weight excluding hydrogens is 290 g/mol. The fourth-order valence-corrected chi connectivity index (χ4v) is 3.53. The van der Waals surface area contributed by atoms with Gasteiger partial charge in [0.15, 0.2) is 0 Å². The van der Waals surface area contributed by atoms with E-state index in [9.17, 15) is 0 Å². The zero-order valence-corrected chi connectivity index (χ0v) is 13.0. The quantitative estimate of drug-likeness (QED) is 0.844. The minimum absolute atomic E-state index is 0.202. The Labute approximate surface area is 136 Å². The Bertz CT molecular complexity index is 623. The van der Waals surface area contributed by atoms with Crippen LogP contribution >= 0.6 is 0 Å². The molecule has 5 heteroatoms. The normalized spacial score (nSPS) is 27.2. The van der Waals surface area contributed by atoms with Gasteiger partial charge >= 0.3 is 0 Å². The average molecular weight is 311 g/mol. The van der Waals surface area contributed by atoms with Gasteiger partial charge in [-0.3, -0.25) is 14.9 Å². The molecule has 2 aliphatic heterocycles. The largest absolute Gasteiger partial charge is 0.379 e. The topological polar surface area (TPSA) is 47.5 Å². The molecule has 5 nitrogen and oxygen atoms in total. The number of ether oxygens (including phenoxy) is 2. The molecule has 0 unspecified atom stereocenters. The molecule has 23 heavy (non-hydrogen) atoms. The molecule has 2 aromatic heterocycles. The monoisotopic (exact) mass is 311 g/mol. The van der Waals surface area contributed by atoms with Crippen molar-refractivity contribution >= 4 is 0 Å². The zero-order chi connectivity index (χ0) is 15.5. The first-order valence-corrected chi connectivity index (χ1v) is 8.13. The second kappa shape index (κ2) is 6.74. The summed E-state index contributed by atoms with van der Waals surface area (Å²) in [6.45, 7) is 3.93. The van der Waals surface area contributed by atoms with Crippen LogP contribution in [0, 0.1) is 5.92 Å². The van der Waals surface area contributed by atoms with Crippen LogP contribution in [0.15, 0.2) is 48.8 Å². The predicted molar refractivity (Wildman–Crippen MR) is 85.6 cm³/mol. The van der Waals surface area contributed by atoms with E-state index < -0.39 is 0 Å². The van der Waals surface area contributed by atoms with Gasteiger partial charge in [0.25, 0.3) is 0 Å². The number of hydrogen-bond donors (Lipinski definition) is 0. The van der Waals surface area contributed by atoms with E-state index in [-0.39, 0.29) is 6.10 Å². The van der Waals surface area contributed by atoms with Gasteiger partial charge in [-0.05, 0) is 24.3 Å². The van der Waals surface area contributed by atoms with Crippen LogP contribution in [-0.4, -0.2) is 46.8 Å². The Morgan fingerprint density at radius 2 is 1.83 bits per heavy atom. The zero-order valence-electron chi connectivity index (χ0n) is 13.0. The summed E-state index contributed by atoms with van der Waals surface area (Å²) in [6, 6.07) is 12.4. The highest BCUT2D eigenvalue weighted by molar-refractivity contribution is 5.07. The third-order valence-electron chi connectivity index (χ3n) is 4.72. The summed E-state index contributed by atoms with van der Waals surface area (Å²) in [5, 5.41) is 0. The number of aromatic nitrogens is 2. The van der Waals surface area contributed by atoms with Crippen molar-refractivity contribution in [2.45, 2.75) is 25.3 Å². The van der Waals surface area contributed by atoms with Crippen LogP contribution in [0.3, 0.4) is 0 Å². The maximum absolute atomic E-state index is 6.17. The molecule has 0 bridgehead atoms. The summed E-state index contributed by atoms with van der Waals surface area (Å²) in [4.78, 5) is 11.2. The fourth-order valence-electron chi connectivity index (χ4n) is 3.53. The maximum Gasteiger partial charge on any atom is 0.0892 e. The van der Waals surface area contributed by atoms with Crippen LogP contribution in [0.4, 0.5) is 0 Å². The second-order valence-corrected chi connectivity index (χ2v) is 6.19. The van der Waals surface area contributed by atoms with Crippen LogP contribution < -0.4 is 0 Å². The Morgan fingerprint density at radius 1 is 1.04 bits per heavy atom. The lowest BCUT2D eigenvalue weighted by Crippen LogP contribution is -2.32. The Hall–Kier alpha value is -1.82. The predicted octanol–water partition coefficient (Wildman–Crippen LogP) is 1.89. The summed E-state index contributed by atoms with van der Waals surface area (Å²) in [5.74, 6) is 0.447. The first-order valence-electron chi connectivity index (χ1n) is 8.13. The van der Waals surface area contributed by atoms with E-state index in [0.29, 0.717) is 18.6 Å². The molecule has 120 valence electrons. The van der Waals surface area contributed by atoms with Crippen molar-refractivity contribution < 1.29 is 9.47 Å². The van der Waals surface area contributed by atoms with E-state index in [0.717, 1.165) is 37.7 Å². The summed E-state index contributed by atoms with van der Waals surface area (Å²) in [5.41, 5.74) is 2.08. The van der Waals surface area contributed by atoms with E-state index in [1.807, 2.05) is 42.7 Å². The molecule has 0 amide bonds. The van der Waals surface area contributed by atoms with Gasteiger partial charge in [-0.25, -0.2) is 0 Å². The summed E-state index contributed by atoms with van der Waals surface area (Å²) in [6.07, 6.45) is 3.86.